The van der Waals surface area contributed by atoms with Crippen molar-refractivity contribution in [2.75, 3.05) is 11.9 Å². The molecule has 2 aromatic rings. The summed E-state index contributed by atoms with van der Waals surface area (Å²) in [5, 5.41) is 17.4. The number of rotatable bonds is 6. The van der Waals surface area contributed by atoms with Gasteiger partial charge in [0, 0.05) is 17.1 Å². The van der Waals surface area contributed by atoms with Crippen LogP contribution in [0.1, 0.15) is 24.1 Å². The van der Waals surface area contributed by atoms with Crippen LogP contribution in [-0.4, -0.2) is 17.4 Å². The Labute approximate surface area is 145 Å². The number of nitrogens with one attached hydrogen (secondary N) is 2. The van der Waals surface area contributed by atoms with Gasteiger partial charge in [0.05, 0.1) is 11.5 Å². The van der Waals surface area contributed by atoms with Crippen molar-refractivity contribution in [3.8, 4) is 0 Å². The zero-order chi connectivity index (χ0) is 17.7. The lowest BCUT2D eigenvalue weighted by Gasteiger charge is -2.15. The second-order valence-corrected chi connectivity index (χ2v) is 5.86. The third kappa shape index (κ3) is 4.53. The lowest BCUT2D eigenvalue weighted by molar-refractivity contribution is -0.384. The molecule has 24 heavy (non-hydrogen) atoms. The summed E-state index contributed by atoms with van der Waals surface area (Å²) in [6.07, 6.45) is 0. The molecule has 7 heteroatoms. The zero-order valence-corrected chi connectivity index (χ0v) is 14.1. The molecule has 6 nitrogen and oxygen atoms in total. The van der Waals surface area contributed by atoms with Gasteiger partial charge in [0.2, 0.25) is 5.91 Å². The van der Waals surface area contributed by atoms with E-state index in [-0.39, 0.29) is 29.9 Å². The molecule has 2 aromatic carbocycles. The van der Waals surface area contributed by atoms with Gasteiger partial charge in [-0.25, -0.2) is 0 Å². The van der Waals surface area contributed by atoms with E-state index in [0.29, 0.717) is 10.6 Å². The maximum atomic E-state index is 12.1. The molecule has 1 amide bonds. The molecule has 0 bridgehead atoms. The Balaban J connectivity index is 1.99. The van der Waals surface area contributed by atoms with Crippen LogP contribution in [0.2, 0.25) is 5.02 Å². The van der Waals surface area contributed by atoms with Gasteiger partial charge in [0.25, 0.3) is 5.69 Å². The molecule has 0 heterocycles. The van der Waals surface area contributed by atoms with E-state index >= 15 is 0 Å². The van der Waals surface area contributed by atoms with Crippen molar-refractivity contribution in [3.63, 3.8) is 0 Å². The predicted molar refractivity (Wildman–Crippen MR) is 94.3 cm³/mol. The number of nitro benzene ring substituents is 1. The molecule has 126 valence electrons. The fourth-order valence-electron chi connectivity index (χ4n) is 2.27. The fraction of sp³-hybridized carbons (Fsp3) is 0.235. The molecule has 2 N–H and O–H groups in total. The maximum Gasteiger partial charge on any atom is 0.293 e. The number of carbonyl (C=O) groups is 1. The van der Waals surface area contributed by atoms with E-state index < -0.39 is 4.92 Å². The average molecular weight is 348 g/mol. The highest BCUT2D eigenvalue weighted by atomic mass is 35.5. The van der Waals surface area contributed by atoms with Gasteiger partial charge in [-0.15, -0.1) is 0 Å². The number of halogens is 1. The van der Waals surface area contributed by atoms with Crippen LogP contribution in [0, 0.1) is 17.0 Å². The second kappa shape index (κ2) is 7.90. The summed E-state index contributed by atoms with van der Waals surface area (Å²) in [5.41, 5.74) is 1.75. The van der Waals surface area contributed by atoms with Crippen molar-refractivity contribution < 1.29 is 9.72 Å². The maximum absolute atomic E-state index is 12.1. The molecule has 0 spiro atoms. The summed E-state index contributed by atoms with van der Waals surface area (Å²) in [5.74, 6) is -0.340. The number of carbonyl (C=O) groups excluding carboxylic acids is 1. The van der Waals surface area contributed by atoms with Crippen molar-refractivity contribution in [2.45, 2.75) is 19.9 Å². The van der Waals surface area contributed by atoms with Gasteiger partial charge in [-0.3, -0.25) is 14.9 Å². The molecule has 0 saturated heterocycles. The Hall–Kier alpha value is -2.44. The monoisotopic (exact) mass is 347 g/mol. The minimum absolute atomic E-state index is 0.0370. The van der Waals surface area contributed by atoms with Crippen LogP contribution in [0.15, 0.2) is 42.5 Å². The molecule has 0 aliphatic rings. The van der Waals surface area contributed by atoms with E-state index in [0.717, 1.165) is 5.56 Å². The number of hydrogen-bond donors (Lipinski definition) is 2. The first-order valence-corrected chi connectivity index (χ1v) is 7.79. The fourth-order valence-corrected chi connectivity index (χ4v) is 2.39. The predicted octanol–water partition coefficient (Wildman–Crippen LogP) is 3.85. The quantitative estimate of drug-likeness (QED) is 0.614. The van der Waals surface area contributed by atoms with Crippen molar-refractivity contribution in [3.05, 3.63) is 68.7 Å². The summed E-state index contributed by atoms with van der Waals surface area (Å²) in [6.45, 7) is 3.67. The van der Waals surface area contributed by atoms with Gasteiger partial charge in [-0.2, -0.15) is 0 Å². The molecule has 0 unspecified atom stereocenters. The van der Waals surface area contributed by atoms with Crippen LogP contribution < -0.4 is 10.6 Å². The van der Waals surface area contributed by atoms with Crippen LogP contribution in [-0.2, 0) is 4.79 Å². The molecule has 0 aliphatic heterocycles. The molecule has 2 rings (SSSR count). The minimum Gasteiger partial charge on any atom is -0.319 e. The van der Waals surface area contributed by atoms with E-state index in [9.17, 15) is 14.9 Å². The smallest absolute Gasteiger partial charge is 0.293 e. The van der Waals surface area contributed by atoms with Crippen molar-refractivity contribution in [2.24, 2.45) is 0 Å². The van der Waals surface area contributed by atoms with Crippen molar-refractivity contribution >= 4 is 28.9 Å². The lowest BCUT2D eigenvalue weighted by Crippen LogP contribution is -2.30. The van der Waals surface area contributed by atoms with Crippen LogP contribution in [0.4, 0.5) is 11.4 Å². The van der Waals surface area contributed by atoms with Crippen molar-refractivity contribution in [1.82, 2.24) is 5.32 Å². The molecular weight excluding hydrogens is 330 g/mol. The number of aryl methyl sites for hydroxylation is 1. The van der Waals surface area contributed by atoms with Gasteiger partial charge in [-0.05, 0) is 37.1 Å². The number of hydrogen-bond acceptors (Lipinski definition) is 4. The molecule has 0 saturated carbocycles. The Bertz CT molecular complexity index is 747. The van der Waals surface area contributed by atoms with Gasteiger partial charge >= 0.3 is 0 Å². The van der Waals surface area contributed by atoms with Gasteiger partial charge < -0.3 is 10.6 Å². The van der Waals surface area contributed by atoms with Gasteiger partial charge in [0.15, 0.2) is 0 Å². The second-order valence-electron chi connectivity index (χ2n) is 5.43. The third-order valence-electron chi connectivity index (χ3n) is 3.65. The number of nitrogens with zero attached hydrogens (tertiary/aromatic N) is 1. The highest BCUT2D eigenvalue weighted by Crippen LogP contribution is 2.27. The summed E-state index contributed by atoms with van der Waals surface area (Å²) in [6, 6.07) is 11.9. The zero-order valence-electron chi connectivity index (χ0n) is 13.4. The van der Waals surface area contributed by atoms with E-state index in [1.165, 1.54) is 6.07 Å². The first-order valence-electron chi connectivity index (χ1n) is 7.41. The average Bonchev–Trinajstić information content (AvgIpc) is 2.55. The summed E-state index contributed by atoms with van der Waals surface area (Å²) >= 11 is 5.85. The standard InChI is InChI=1S/C17H18ClN3O3/c1-11-4-3-5-15(21(23)24)17(11)20-16(22)10-19-12(2)13-6-8-14(18)9-7-13/h3-9,12,19H,10H2,1-2H3,(H,20,22)/t12-/m1/s1. The van der Waals surface area contributed by atoms with Crippen LogP contribution in [0.5, 0.6) is 0 Å². The highest BCUT2D eigenvalue weighted by Gasteiger charge is 2.18. The molecule has 0 fully saturated rings. The lowest BCUT2D eigenvalue weighted by atomic mass is 10.1. The van der Waals surface area contributed by atoms with Gasteiger partial charge in [-0.1, -0.05) is 35.9 Å². The number of anilines is 1. The highest BCUT2D eigenvalue weighted by molar-refractivity contribution is 6.30. The largest absolute Gasteiger partial charge is 0.319 e. The number of nitro groups is 1. The number of amides is 1. The molecule has 0 radical (unpaired) electrons. The van der Waals surface area contributed by atoms with Crippen molar-refractivity contribution in [1.29, 1.82) is 0 Å². The minimum atomic E-state index is -0.508. The Morgan fingerprint density at radius 3 is 2.54 bits per heavy atom. The summed E-state index contributed by atoms with van der Waals surface area (Å²) < 4.78 is 0. The van der Waals surface area contributed by atoms with Crippen LogP contribution >= 0.6 is 11.6 Å². The van der Waals surface area contributed by atoms with E-state index in [2.05, 4.69) is 10.6 Å². The van der Waals surface area contributed by atoms with E-state index in [1.54, 1.807) is 31.2 Å². The number of para-hydroxylation sites is 1. The topological polar surface area (TPSA) is 84.3 Å². The van der Waals surface area contributed by atoms with E-state index in [4.69, 9.17) is 11.6 Å². The first-order chi connectivity index (χ1) is 11.4. The summed E-state index contributed by atoms with van der Waals surface area (Å²) in [4.78, 5) is 22.7. The van der Waals surface area contributed by atoms with E-state index in [1.807, 2.05) is 19.1 Å². The Morgan fingerprint density at radius 2 is 1.92 bits per heavy atom. The molecule has 1 atom stereocenters. The van der Waals surface area contributed by atoms with Gasteiger partial charge in [0.1, 0.15) is 5.69 Å². The summed E-state index contributed by atoms with van der Waals surface area (Å²) in [7, 11) is 0. The Morgan fingerprint density at radius 1 is 1.25 bits per heavy atom. The first kappa shape index (κ1) is 17.9. The Kier molecular flexibility index (Phi) is 5.89. The van der Waals surface area contributed by atoms with Crippen LogP contribution in [0.3, 0.4) is 0 Å². The number of benzene rings is 2. The van der Waals surface area contributed by atoms with Crippen LogP contribution in [0.25, 0.3) is 0 Å². The molecule has 0 aromatic heterocycles. The third-order valence-corrected chi connectivity index (χ3v) is 3.90. The normalized spacial score (nSPS) is 11.8. The SMILES string of the molecule is Cc1cccc([N+](=O)[O-])c1NC(=O)CN[C@H](C)c1ccc(Cl)cc1. The molecule has 0 aliphatic carbocycles. The molecular formula is C17H18ClN3O3.